The molecule has 0 aromatic heterocycles. The van der Waals surface area contributed by atoms with E-state index in [1.54, 1.807) is 0 Å². The average Bonchev–Trinajstić information content (AvgIpc) is 3.24. The molecule has 2 aliphatic rings. The minimum Gasteiger partial charge on any atom is -0.392 e. The van der Waals surface area contributed by atoms with Crippen molar-refractivity contribution >= 4 is 5.69 Å². The smallest absolute Gasteiger partial charge is 0.0682 e. The zero-order valence-electron chi connectivity index (χ0n) is 10.9. The minimum absolute atomic E-state index is 0.130. The molecule has 0 bridgehead atoms. The van der Waals surface area contributed by atoms with Crippen LogP contribution in [0.1, 0.15) is 44.1 Å². The largest absolute Gasteiger partial charge is 0.392 e. The van der Waals surface area contributed by atoms with Gasteiger partial charge in [0.05, 0.1) is 6.61 Å². The van der Waals surface area contributed by atoms with Gasteiger partial charge in [-0.15, -0.1) is 0 Å². The van der Waals surface area contributed by atoms with Crippen molar-refractivity contribution in [3.05, 3.63) is 29.8 Å². The molecule has 2 aliphatic carbocycles. The third-order valence-corrected chi connectivity index (χ3v) is 4.48. The Labute approximate surface area is 109 Å². The number of aliphatic hydroxyl groups is 1. The topological polar surface area (TPSA) is 32.3 Å². The van der Waals surface area contributed by atoms with Crippen LogP contribution in [0.2, 0.25) is 0 Å². The molecule has 0 heterocycles. The summed E-state index contributed by atoms with van der Waals surface area (Å²) >= 11 is 0. The van der Waals surface area contributed by atoms with Crippen molar-refractivity contribution in [3.8, 4) is 0 Å². The van der Waals surface area contributed by atoms with Gasteiger partial charge in [-0.2, -0.15) is 0 Å². The molecule has 2 saturated carbocycles. The van der Waals surface area contributed by atoms with Crippen molar-refractivity contribution in [2.45, 2.75) is 51.2 Å². The fourth-order valence-electron chi connectivity index (χ4n) is 3.35. The van der Waals surface area contributed by atoms with Gasteiger partial charge in [0.25, 0.3) is 0 Å². The first kappa shape index (κ1) is 12.0. The lowest BCUT2D eigenvalue weighted by Gasteiger charge is -2.30. The van der Waals surface area contributed by atoms with Crippen LogP contribution in [0.15, 0.2) is 24.3 Å². The Morgan fingerprint density at radius 3 is 2.78 bits per heavy atom. The van der Waals surface area contributed by atoms with Crippen molar-refractivity contribution in [3.63, 3.8) is 0 Å². The first-order valence-corrected chi connectivity index (χ1v) is 7.31. The lowest BCUT2D eigenvalue weighted by molar-refractivity contribution is 0.282. The highest BCUT2D eigenvalue weighted by Crippen LogP contribution is 2.44. The van der Waals surface area contributed by atoms with Crippen LogP contribution < -0.4 is 5.32 Å². The van der Waals surface area contributed by atoms with Crippen LogP contribution in [0, 0.1) is 11.8 Å². The van der Waals surface area contributed by atoms with Crippen LogP contribution in [-0.4, -0.2) is 11.1 Å². The molecule has 1 aromatic carbocycles. The van der Waals surface area contributed by atoms with Gasteiger partial charge < -0.3 is 10.4 Å². The van der Waals surface area contributed by atoms with Gasteiger partial charge in [-0.25, -0.2) is 0 Å². The molecule has 2 fully saturated rings. The average molecular weight is 245 g/mol. The number of aliphatic hydroxyl groups excluding tert-OH is 1. The summed E-state index contributed by atoms with van der Waals surface area (Å²) in [4.78, 5) is 0. The van der Waals surface area contributed by atoms with E-state index in [0.29, 0.717) is 6.04 Å². The molecule has 0 radical (unpaired) electrons. The van der Waals surface area contributed by atoms with Crippen LogP contribution in [0.3, 0.4) is 0 Å². The monoisotopic (exact) mass is 245 g/mol. The van der Waals surface area contributed by atoms with Gasteiger partial charge in [0.15, 0.2) is 0 Å². The number of anilines is 1. The number of nitrogens with one attached hydrogen (secondary N) is 1. The SMILES string of the molecule is OCc1cccc(NC2CCCC(C3CC3)C2)c1. The van der Waals surface area contributed by atoms with Crippen molar-refractivity contribution in [1.29, 1.82) is 0 Å². The number of hydrogen-bond acceptors (Lipinski definition) is 2. The Morgan fingerprint density at radius 1 is 1.11 bits per heavy atom. The molecule has 0 aliphatic heterocycles. The molecule has 1 aromatic rings. The second-order valence-electron chi connectivity index (χ2n) is 5.96. The molecule has 2 N–H and O–H groups in total. The second-order valence-corrected chi connectivity index (χ2v) is 5.96. The summed E-state index contributed by atoms with van der Waals surface area (Å²) in [7, 11) is 0. The van der Waals surface area contributed by atoms with E-state index in [2.05, 4.69) is 17.4 Å². The molecular weight excluding hydrogens is 222 g/mol. The summed E-state index contributed by atoms with van der Waals surface area (Å²) in [5.41, 5.74) is 2.16. The summed E-state index contributed by atoms with van der Waals surface area (Å²) in [6.07, 6.45) is 8.40. The van der Waals surface area contributed by atoms with Crippen molar-refractivity contribution in [2.75, 3.05) is 5.32 Å². The standard InChI is InChI=1S/C16H23NO/c18-11-12-3-1-5-15(9-12)17-16-6-2-4-14(10-16)13-7-8-13/h1,3,5,9,13-14,16-18H,2,4,6-8,10-11H2. The van der Waals surface area contributed by atoms with Crippen LogP contribution in [0.5, 0.6) is 0 Å². The van der Waals surface area contributed by atoms with E-state index in [1.165, 1.54) is 44.2 Å². The van der Waals surface area contributed by atoms with E-state index in [4.69, 9.17) is 5.11 Å². The van der Waals surface area contributed by atoms with Crippen LogP contribution in [0.25, 0.3) is 0 Å². The fourth-order valence-corrected chi connectivity index (χ4v) is 3.35. The van der Waals surface area contributed by atoms with Crippen molar-refractivity contribution in [2.24, 2.45) is 11.8 Å². The summed E-state index contributed by atoms with van der Waals surface area (Å²) in [5, 5.41) is 12.8. The summed E-state index contributed by atoms with van der Waals surface area (Å²) in [5.74, 6) is 2.01. The van der Waals surface area contributed by atoms with E-state index >= 15 is 0 Å². The predicted octanol–water partition coefficient (Wildman–Crippen LogP) is 3.56. The summed E-state index contributed by atoms with van der Waals surface area (Å²) in [6.45, 7) is 0.130. The van der Waals surface area contributed by atoms with Crippen molar-refractivity contribution in [1.82, 2.24) is 0 Å². The zero-order valence-corrected chi connectivity index (χ0v) is 10.9. The molecule has 0 spiro atoms. The molecule has 2 unspecified atom stereocenters. The Balaban J connectivity index is 1.60. The predicted molar refractivity (Wildman–Crippen MR) is 74.5 cm³/mol. The molecule has 2 heteroatoms. The zero-order chi connectivity index (χ0) is 12.4. The minimum atomic E-state index is 0.130. The Kier molecular flexibility index (Phi) is 3.55. The Morgan fingerprint density at radius 2 is 2.00 bits per heavy atom. The molecule has 98 valence electrons. The van der Waals surface area contributed by atoms with E-state index in [-0.39, 0.29) is 6.61 Å². The highest BCUT2D eigenvalue weighted by molar-refractivity contribution is 5.46. The van der Waals surface area contributed by atoms with E-state index in [0.717, 1.165) is 17.4 Å². The molecule has 3 rings (SSSR count). The molecular formula is C16H23NO. The van der Waals surface area contributed by atoms with Gasteiger partial charge >= 0.3 is 0 Å². The van der Waals surface area contributed by atoms with Crippen LogP contribution in [-0.2, 0) is 6.61 Å². The van der Waals surface area contributed by atoms with Gasteiger partial charge in [-0.05, 0) is 55.2 Å². The molecule has 2 nitrogen and oxygen atoms in total. The maximum absolute atomic E-state index is 9.16. The lowest BCUT2D eigenvalue weighted by atomic mass is 9.82. The van der Waals surface area contributed by atoms with Crippen molar-refractivity contribution < 1.29 is 5.11 Å². The first-order chi connectivity index (χ1) is 8.85. The fraction of sp³-hybridized carbons (Fsp3) is 0.625. The number of hydrogen-bond donors (Lipinski definition) is 2. The lowest BCUT2D eigenvalue weighted by Crippen LogP contribution is -2.28. The molecule has 0 saturated heterocycles. The molecule has 18 heavy (non-hydrogen) atoms. The van der Waals surface area contributed by atoms with E-state index in [9.17, 15) is 0 Å². The quantitative estimate of drug-likeness (QED) is 0.850. The van der Waals surface area contributed by atoms with E-state index < -0.39 is 0 Å². The third-order valence-electron chi connectivity index (χ3n) is 4.48. The van der Waals surface area contributed by atoms with Crippen LogP contribution >= 0.6 is 0 Å². The highest BCUT2D eigenvalue weighted by Gasteiger charge is 2.34. The summed E-state index contributed by atoms with van der Waals surface area (Å²) in [6, 6.07) is 8.81. The Hall–Kier alpha value is -1.02. The van der Waals surface area contributed by atoms with Gasteiger partial charge in [-0.3, -0.25) is 0 Å². The second kappa shape index (κ2) is 5.31. The van der Waals surface area contributed by atoms with Gasteiger partial charge in [0.2, 0.25) is 0 Å². The number of rotatable bonds is 4. The number of benzene rings is 1. The molecule has 0 amide bonds. The maximum Gasteiger partial charge on any atom is 0.0682 e. The normalized spacial score (nSPS) is 28.1. The van der Waals surface area contributed by atoms with Gasteiger partial charge in [0.1, 0.15) is 0 Å². The molecule has 2 atom stereocenters. The first-order valence-electron chi connectivity index (χ1n) is 7.31. The van der Waals surface area contributed by atoms with Crippen LogP contribution in [0.4, 0.5) is 5.69 Å². The highest BCUT2D eigenvalue weighted by atomic mass is 16.3. The third kappa shape index (κ3) is 2.86. The van der Waals surface area contributed by atoms with E-state index in [1.807, 2.05) is 12.1 Å². The Bertz CT molecular complexity index is 400. The van der Waals surface area contributed by atoms with Gasteiger partial charge in [0, 0.05) is 11.7 Å². The maximum atomic E-state index is 9.16. The summed E-state index contributed by atoms with van der Waals surface area (Å²) < 4.78 is 0. The van der Waals surface area contributed by atoms with Gasteiger partial charge in [-0.1, -0.05) is 25.0 Å².